The SMILES string of the molecule is CC(C)(C#N)C(=O)Nc1cccc(S(N)(=O)=O)c1. The van der Waals surface area contributed by atoms with Gasteiger partial charge in [-0.2, -0.15) is 5.26 Å². The molecule has 0 aliphatic carbocycles. The number of anilines is 1. The van der Waals surface area contributed by atoms with E-state index in [2.05, 4.69) is 5.32 Å². The normalized spacial score (nSPS) is 11.7. The first kappa shape index (κ1) is 14.2. The Balaban J connectivity index is 3.02. The summed E-state index contributed by atoms with van der Waals surface area (Å²) in [5.41, 5.74) is -0.924. The number of nitrogens with two attached hydrogens (primary N) is 1. The quantitative estimate of drug-likeness (QED) is 0.844. The van der Waals surface area contributed by atoms with Crippen molar-refractivity contribution >= 4 is 21.6 Å². The van der Waals surface area contributed by atoms with Crippen molar-refractivity contribution in [2.75, 3.05) is 5.32 Å². The van der Waals surface area contributed by atoms with Crippen LogP contribution in [0.1, 0.15) is 13.8 Å². The Bertz CT molecular complexity index is 615. The van der Waals surface area contributed by atoms with Crippen LogP contribution in [0.4, 0.5) is 5.69 Å². The summed E-state index contributed by atoms with van der Waals surface area (Å²) in [4.78, 5) is 11.6. The van der Waals surface area contributed by atoms with Crippen molar-refractivity contribution in [1.82, 2.24) is 0 Å². The predicted molar refractivity (Wildman–Crippen MR) is 65.8 cm³/mol. The number of carbonyl (C=O) groups excluding carboxylic acids is 1. The highest BCUT2D eigenvalue weighted by Crippen LogP contribution is 2.19. The predicted octanol–water partition coefficient (Wildman–Crippen LogP) is 0.822. The van der Waals surface area contributed by atoms with Crippen LogP contribution in [-0.4, -0.2) is 14.3 Å². The number of nitrogens with zero attached hydrogens (tertiary/aromatic N) is 1. The Morgan fingerprint density at radius 2 is 2.06 bits per heavy atom. The molecule has 0 fully saturated rings. The minimum atomic E-state index is -3.82. The summed E-state index contributed by atoms with van der Waals surface area (Å²) < 4.78 is 22.3. The number of benzene rings is 1. The second-order valence-corrected chi connectivity index (χ2v) is 5.83. The van der Waals surface area contributed by atoms with E-state index in [1.807, 2.05) is 6.07 Å². The lowest BCUT2D eigenvalue weighted by molar-refractivity contribution is -0.121. The van der Waals surface area contributed by atoms with Crippen molar-refractivity contribution in [2.24, 2.45) is 10.6 Å². The van der Waals surface area contributed by atoms with Gasteiger partial charge in [-0.05, 0) is 32.0 Å². The topological polar surface area (TPSA) is 113 Å². The summed E-state index contributed by atoms with van der Waals surface area (Å²) in [6, 6.07) is 7.37. The molecule has 6 nitrogen and oxygen atoms in total. The summed E-state index contributed by atoms with van der Waals surface area (Å²) in [6.07, 6.45) is 0. The van der Waals surface area contributed by atoms with Gasteiger partial charge in [-0.25, -0.2) is 13.6 Å². The number of sulfonamides is 1. The van der Waals surface area contributed by atoms with Crippen molar-refractivity contribution < 1.29 is 13.2 Å². The molecule has 0 bridgehead atoms. The Kier molecular flexibility index (Phi) is 3.74. The van der Waals surface area contributed by atoms with E-state index in [9.17, 15) is 13.2 Å². The van der Waals surface area contributed by atoms with Gasteiger partial charge in [0.2, 0.25) is 15.9 Å². The zero-order chi connectivity index (χ0) is 14.0. The fourth-order valence-corrected chi connectivity index (χ4v) is 1.65. The van der Waals surface area contributed by atoms with E-state index in [1.54, 1.807) is 0 Å². The van der Waals surface area contributed by atoms with E-state index >= 15 is 0 Å². The molecule has 0 atom stereocenters. The van der Waals surface area contributed by atoms with E-state index in [0.717, 1.165) is 0 Å². The lowest BCUT2D eigenvalue weighted by Gasteiger charge is -2.15. The molecular formula is C11H13N3O3S. The van der Waals surface area contributed by atoms with Crippen molar-refractivity contribution in [2.45, 2.75) is 18.7 Å². The second-order valence-electron chi connectivity index (χ2n) is 4.26. The van der Waals surface area contributed by atoms with Crippen LogP contribution < -0.4 is 10.5 Å². The zero-order valence-electron chi connectivity index (χ0n) is 9.97. The van der Waals surface area contributed by atoms with Gasteiger partial charge in [-0.3, -0.25) is 4.79 Å². The first-order chi connectivity index (χ1) is 8.16. The first-order valence-electron chi connectivity index (χ1n) is 5.02. The molecule has 0 heterocycles. The Hall–Kier alpha value is -1.91. The standard InChI is InChI=1S/C11H13N3O3S/c1-11(2,7-12)10(15)14-8-4-3-5-9(6-8)18(13,16)17/h3-6H,1-2H3,(H,14,15)(H2,13,16,17). The van der Waals surface area contributed by atoms with Gasteiger partial charge in [0.1, 0.15) is 5.41 Å². The maximum Gasteiger partial charge on any atom is 0.244 e. The molecule has 0 unspecified atom stereocenters. The summed E-state index contributed by atoms with van der Waals surface area (Å²) in [7, 11) is -3.82. The number of nitriles is 1. The van der Waals surface area contributed by atoms with Gasteiger partial charge in [0.25, 0.3) is 0 Å². The van der Waals surface area contributed by atoms with Gasteiger partial charge in [0.05, 0.1) is 11.0 Å². The van der Waals surface area contributed by atoms with Gasteiger partial charge in [-0.1, -0.05) is 6.07 Å². The van der Waals surface area contributed by atoms with E-state index in [4.69, 9.17) is 10.4 Å². The van der Waals surface area contributed by atoms with Crippen LogP contribution in [0.2, 0.25) is 0 Å². The van der Waals surface area contributed by atoms with E-state index in [1.165, 1.54) is 38.1 Å². The maximum atomic E-state index is 11.7. The van der Waals surface area contributed by atoms with Gasteiger partial charge < -0.3 is 5.32 Å². The molecule has 0 aromatic heterocycles. The highest BCUT2D eigenvalue weighted by atomic mass is 32.2. The molecule has 0 radical (unpaired) electrons. The third-order valence-electron chi connectivity index (χ3n) is 2.27. The van der Waals surface area contributed by atoms with E-state index in [0.29, 0.717) is 0 Å². The lowest BCUT2D eigenvalue weighted by atomic mass is 9.95. The maximum absolute atomic E-state index is 11.7. The number of primary sulfonamides is 1. The Morgan fingerprint density at radius 1 is 1.44 bits per heavy atom. The number of amides is 1. The van der Waals surface area contributed by atoms with Crippen LogP contribution >= 0.6 is 0 Å². The minimum absolute atomic E-state index is 0.102. The summed E-state index contributed by atoms with van der Waals surface area (Å²) >= 11 is 0. The smallest absolute Gasteiger partial charge is 0.244 e. The molecule has 1 aromatic carbocycles. The van der Waals surface area contributed by atoms with E-state index in [-0.39, 0.29) is 10.6 Å². The highest BCUT2D eigenvalue weighted by molar-refractivity contribution is 7.89. The van der Waals surface area contributed by atoms with E-state index < -0.39 is 21.3 Å². The number of rotatable bonds is 3. The van der Waals surface area contributed by atoms with Gasteiger partial charge >= 0.3 is 0 Å². The third-order valence-corrected chi connectivity index (χ3v) is 3.18. The zero-order valence-corrected chi connectivity index (χ0v) is 10.8. The molecule has 0 aliphatic heterocycles. The summed E-state index contributed by atoms with van der Waals surface area (Å²) in [5.74, 6) is -0.517. The molecular weight excluding hydrogens is 254 g/mol. The van der Waals surface area contributed by atoms with Crippen LogP contribution in [0, 0.1) is 16.7 Å². The molecule has 7 heteroatoms. The van der Waals surface area contributed by atoms with Crippen molar-refractivity contribution in [3.8, 4) is 6.07 Å². The molecule has 3 N–H and O–H groups in total. The van der Waals surface area contributed by atoms with Gasteiger partial charge in [0.15, 0.2) is 0 Å². The van der Waals surface area contributed by atoms with Crippen LogP contribution in [-0.2, 0) is 14.8 Å². The Morgan fingerprint density at radius 3 is 2.56 bits per heavy atom. The Labute approximate surface area is 105 Å². The molecule has 1 aromatic rings. The molecule has 1 rings (SSSR count). The molecule has 0 spiro atoms. The molecule has 96 valence electrons. The summed E-state index contributed by atoms with van der Waals surface area (Å²) in [6.45, 7) is 2.93. The number of carbonyl (C=O) groups is 1. The van der Waals surface area contributed by atoms with Gasteiger partial charge in [0, 0.05) is 5.69 Å². The number of nitrogens with one attached hydrogen (secondary N) is 1. The average molecular weight is 267 g/mol. The third kappa shape index (κ3) is 3.29. The highest BCUT2D eigenvalue weighted by Gasteiger charge is 2.27. The van der Waals surface area contributed by atoms with Crippen molar-refractivity contribution in [1.29, 1.82) is 5.26 Å². The van der Waals surface area contributed by atoms with Gasteiger partial charge in [-0.15, -0.1) is 0 Å². The largest absolute Gasteiger partial charge is 0.325 e. The average Bonchev–Trinajstić information content (AvgIpc) is 2.28. The molecule has 0 saturated heterocycles. The fraction of sp³-hybridized carbons (Fsp3) is 0.273. The van der Waals surface area contributed by atoms with Crippen molar-refractivity contribution in [3.05, 3.63) is 24.3 Å². The van der Waals surface area contributed by atoms with Crippen LogP contribution in [0.5, 0.6) is 0 Å². The molecule has 0 saturated carbocycles. The van der Waals surface area contributed by atoms with Crippen molar-refractivity contribution in [3.63, 3.8) is 0 Å². The minimum Gasteiger partial charge on any atom is -0.325 e. The molecule has 1 amide bonds. The number of hydrogen-bond acceptors (Lipinski definition) is 4. The molecule has 0 aliphatic rings. The fourth-order valence-electron chi connectivity index (χ4n) is 1.09. The second kappa shape index (κ2) is 4.76. The van der Waals surface area contributed by atoms with Crippen LogP contribution in [0.3, 0.4) is 0 Å². The molecule has 18 heavy (non-hydrogen) atoms. The number of hydrogen-bond donors (Lipinski definition) is 2. The monoisotopic (exact) mass is 267 g/mol. The van der Waals surface area contributed by atoms with Crippen LogP contribution in [0.15, 0.2) is 29.2 Å². The first-order valence-corrected chi connectivity index (χ1v) is 6.57. The lowest BCUT2D eigenvalue weighted by Crippen LogP contribution is -2.29. The summed E-state index contributed by atoms with van der Waals surface area (Å²) in [5, 5.41) is 16.2. The van der Waals surface area contributed by atoms with Crippen LogP contribution in [0.25, 0.3) is 0 Å².